The zero-order valence-electron chi connectivity index (χ0n) is 17.1. The third-order valence-electron chi connectivity index (χ3n) is 5.04. The number of fused-ring (bicyclic) bond motifs is 2. The summed E-state index contributed by atoms with van der Waals surface area (Å²) in [5.41, 5.74) is 4.07. The molecule has 0 amide bonds. The Bertz CT molecular complexity index is 1430. The van der Waals surface area contributed by atoms with Gasteiger partial charge in [-0.05, 0) is 41.5 Å². The summed E-state index contributed by atoms with van der Waals surface area (Å²) < 4.78 is 0. The molecule has 0 unspecified atom stereocenters. The van der Waals surface area contributed by atoms with Gasteiger partial charge in [0.05, 0.1) is 11.1 Å². The highest BCUT2D eigenvalue weighted by Crippen LogP contribution is 2.31. The standard InChI is InChI=1S/C18H13NO2.C9H7NO/c1-2-12-8-9-15(18(20)21)16(11-12)14-7-3-5-13-6-4-10-19-17(13)14;11-8-5-1-3-7-4-2-6-10-9(7)8/h2-11H,1H2,(H,20,21);1-6,11H. The Morgan fingerprint density at radius 2 is 1.41 bits per heavy atom. The van der Waals surface area contributed by atoms with E-state index in [1.54, 1.807) is 42.7 Å². The summed E-state index contributed by atoms with van der Waals surface area (Å²) in [4.78, 5) is 19.9. The van der Waals surface area contributed by atoms with Gasteiger partial charge in [0.2, 0.25) is 0 Å². The molecule has 5 rings (SSSR count). The number of carboxylic acids is 1. The topological polar surface area (TPSA) is 83.3 Å². The van der Waals surface area contributed by atoms with Gasteiger partial charge in [-0.2, -0.15) is 0 Å². The molecule has 0 aliphatic rings. The lowest BCUT2D eigenvalue weighted by Crippen LogP contribution is -2.00. The first-order valence-electron chi connectivity index (χ1n) is 9.95. The molecule has 2 heterocycles. The van der Waals surface area contributed by atoms with Gasteiger partial charge < -0.3 is 10.2 Å². The lowest BCUT2D eigenvalue weighted by Gasteiger charge is -2.10. The molecule has 0 spiro atoms. The zero-order chi connectivity index (χ0) is 22.5. The Morgan fingerprint density at radius 3 is 2.06 bits per heavy atom. The van der Waals surface area contributed by atoms with Crippen LogP contribution in [0.1, 0.15) is 15.9 Å². The van der Waals surface area contributed by atoms with E-state index in [4.69, 9.17) is 0 Å². The number of aromatic nitrogens is 2. The van der Waals surface area contributed by atoms with Crippen LogP contribution in [0.4, 0.5) is 0 Å². The number of pyridine rings is 2. The number of aromatic carboxylic acids is 1. The van der Waals surface area contributed by atoms with Gasteiger partial charge in [0.15, 0.2) is 0 Å². The molecule has 0 bridgehead atoms. The number of para-hydroxylation sites is 2. The second-order valence-corrected chi connectivity index (χ2v) is 7.05. The average molecular weight is 420 g/mol. The predicted molar refractivity (Wildman–Crippen MR) is 128 cm³/mol. The Balaban J connectivity index is 0.000000186. The number of phenols is 1. The monoisotopic (exact) mass is 420 g/mol. The minimum atomic E-state index is -0.950. The van der Waals surface area contributed by atoms with Crippen molar-refractivity contribution in [2.75, 3.05) is 0 Å². The predicted octanol–water partition coefficient (Wildman–Crippen LogP) is 6.18. The Morgan fingerprint density at radius 1 is 0.781 bits per heavy atom. The summed E-state index contributed by atoms with van der Waals surface area (Å²) >= 11 is 0. The summed E-state index contributed by atoms with van der Waals surface area (Å²) in [5, 5.41) is 20.7. The van der Waals surface area contributed by atoms with Crippen LogP contribution in [0, 0.1) is 0 Å². The Hall–Kier alpha value is -4.51. The van der Waals surface area contributed by atoms with Crippen LogP contribution >= 0.6 is 0 Å². The van der Waals surface area contributed by atoms with E-state index < -0.39 is 5.97 Å². The van der Waals surface area contributed by atoms with Crippen LogP contribution in [-0.2, 0) is 0 Å². The van der Waals surface area contributed by atoms with Gasteiger partial charge in [-0.1, -0.05) is 61.2 Å². The molecule has 0 saturated carbocycles. The maximum Gasteiger partial charge on any atom is 0.336 e. The van der Waals surface area contributed by atoms with Crippen molar-refractivity contribution in [3.63, 3.8) is 0 Å². The fourth-order valence-electron chi connectivity index (χ4n) is 3.51. The molecular weight excluding hydrogens is 400 g/mol. The highest BCUT2D eigenvalue weighted by molar-refractivity contribution is 6.02. The Labute approximate surface area is 185 Å². The molecule has 3 aromatic carbocycles. The SMILES string of the molecule is C=Cc1ccc(C(=O)O)c(-c2cccc3cccnc23)c1.Oc1cccc2cccnc12. The zero-order valence-corrected chi connectivity index (χ0v) is 17.1. The van der Waals surface area contributed by atoms with Crippen LogP contribution in [0.2, 0.25) is 0 Å². The molecule has 5 heteroatoms. The first-order valence-corrected chi connectivity index (χ1v) is 9.95. The van der Waals surface area contributed by atoms with Crippen LogP contribution in [0.15, 0.2) is 97.8 Å². The molecule has 0 fully saturated rings. The average Bonchev–Trinajstić information content (AvgIpc) is 2.84. The maximum absolute atomic E-state index is 11.5. The van der Waals surface area contributed by atoms with Crippen molar-refractivity contribution in [1.29, 1.82) is 0 Å². The van der Waals surface area contributed by atoms with Crippen LogP contribution in [-0.4, -0.2) is 26.2 Å². The number of nitrogens with zero attached hydrogens (tertiary/aromatic N) is 2. The van der Waals surface area contributed by atoms with E-state index in [0.717, 1.165) is 27.4 Å². The lowest BCUT2D eigenvalue weighted by molar-refractivity contribution is 0.0697. The number of benzene rings is 3. The van der Waals surface area contributed by atoms with Gasteiger partial charge in [0.1, 0.15) is 11.3 Å². The molecule has 0 aliphatic carbocycles. The normalized spacial score (nSPS) is 10.4. The molecule has 0 aliphatic heterocycles. The summed E-state index contributed by atoms with van der Waals surface area (Å²) in [6.45, 7) is 3.74. The molecule has 0 atom stereocenters. The Kier molecular flexibility index (Phi) is 5.90. The summed E-state index contributed by atoms with van der Waals surface area (Å²) in [6, 6.07) is 23.9. The van der Waals surface area contributed by atoms with Crippen molar-refractivity contribution >= 4 is 33.9 Å². The molecule has 0 saturated heterocycles. The fourth-order valence-corrected chi connectivity index (χ4v) is 3.51. The van der Waals surface area contributed by atoms with Gasteiger partial charge >= 0.3 is 5.97 Å². The first-order chi connectivity index (χ1) is 15.6. The van der Waals surface area contributed by atoms with Crippen molar-refractivity contribution in [3.05, 3.63) is 109 Å². The van der Waals surface area contributed by atoms with Gasteiger partial charge in [-0.25, -0.2) is 4.79 Å². The van der Waals surface area contributed by atoms with Crippen molar-refractivity contribution in [1.82, 2.24) is 9.97 Å². The molecule has 5 aromatic rings. The van der Waals surface area contributed by atoms with Crippen molar-refractivity contribution in [2.45, 2.75) is 0 Å². The highest BCUT2D eigenvalue weighted by Gasteiger charge is 2.14. The van der Waals surface area contributed by atoms with E-state index in [2.05, 4.69) is 16.5 Å². The van der Waals surface area contributed by atoms with E-state index in [-0.39, 0.29) is 11.3 Å². The number of hydrogen-bond acceptors (Lipinski definition) is 4. The van der Waals surface area contributed by atoms with E-state index in [0.29, 0.717) is 11.1 Å². The highest BCUT2D eigenvalue weighted by atomic mass is 16.4. The third-order valence-corrected chi connectivity index (χ3v) is 5.04. The number of rotatable bonds is 3. The van der Waals surface area contributed by atoms with Crippen LogP contribution < -0.4 is 0 Å². The van der Waals surface area contributed by atoms with E-state index >= 15 is 0 Å². The smallest absolute Gasteiger partial charge is 0.336 e. The number of hydrogen-bond donors (Lipinski definition) is 2. The fraction of sp³-hybridized carbons (Fsp3) is 0. The molecule has 2 N–H and O–H groups in total. The number of carboxylic acid groups (broad SMARTS) is 1. The summed E-state index contributed by atoms with van der Waals surface area (Å²) in [6.07, 6.45) is 5.08. The quantitative estimate of drug-likeness (QED) is 0.364. The van der Waals surface area contributed by atoms with E-state index in [9.17, 15) is 15.0 Å². The molecule has 5 nitrogen and oxygen atoms in total. The van der Waals surface area contributed by atoms with E-state index in [1.807, 2.05) is 54.6 Å². The minimum Gasteiger partial charge on any atom is -0.506 e. The molecular formula is C27H20N2O3. The van der Waals surface area contributed by atoms with Crippen LogP contribution in [0.25, 0.3) is 39.0 Å². The molecule has 2 aromatic heterocycles. The van der Waals surface area contributed by atoms with Gasteiger partial charge in [-0.15, -0.1) is 0 Å². The molecule has 32 heavy (non-hydrogen) atoms. The van der Waals surface area contributed by atoms with Crippen molar-refractivity contribution in [2.24, 2.45) is 0 Å². The molecule has 0 radical (unpaired) electrons. The van der Waals surface area contributed by atoms with Crippen molar-refractivity contribution < 1.29 is 15.0 Å². The van der Waals surface area contributed by atoms with Gasteiger partial charge in [0.25, 0.3) is 0 Å². The third kappa shape index (κ3) is 4.18. The molecule has 156 valence electrons. The van der Waals surface area contributed by atoms with Crippen LogP contribution in [0.5, 0.6) is 5.75 Å². The first kappa shape index (κ1) is 20.8. The van der Waals surface area contributed by atoms with E-state index in [1.165, 1.54) is 0 Å². The minimum absolute atomic E-state index is 0.239. The summed E-state index contributed by atoms with van der Waals surface area (Å²) in [7, 11) is 0. The lowest BCUT2D eigenvalue weighted by atomic mass is 9.95. The number of carbonyl (C=O) groups is 1. The van der Waals surface area contributed by atoms with Crippen molar-refractivity contribution in [3.8, 4) is 16.9 Å². The largest absolute Gasteiger partial charge is 0.506 e. The van der Waals surface area contributed by atoms with Gasteiger partial charge in [0, 0.05) is 28.7 Å². The van der Waals surface area contributed by atoms with Gasteiger partial charge in [-0.3, -0.25) is 9.97 Å². The number of phenolic OH excluding ortho intramolecular Hbond substituents is 1. The van der Waals surface area contributed by atoms with Crippen LogP contribution in [0.3, 0.4) is 0 Å². The second-order valence-electron chi connectivity index (χ2n) is 7.05. The maximum atomic E-state index is 11.5. The summed E-state index contributed by atoms with van der Waals surface area (Å²) in [5.74, 6) is -0.711. The number of aromatic hydroxyl groups is 1. The second kappa shape index (κ2) is 9.10.